The van der Waals surface area contributed by atoms with Gasteiger partial charge in [0, 0.05) is 5.69 Å². The molecule has 0 fully saturated rings. The lowest BCUT2D eigenvalue weighted by Crippen LogP contribution is -2.15. The molecule has 2 aromatic carbocycles. The van der Waals surface area contributed by atoms with Gasteiger partial charge in [0.2, 0.25) is 0 Å². The minimum atomic E-state index is -4.13. The summed E-state index contributed by atoms with van der Waals surface area (Å²) in [4.78, 5) is 21.8. The normalized spacial score (nSPS) is 11.0. The quantitative estimate of drug-likeness (QED) is 0.672. The van der Waals surface area contributed by atoms with Gasteiger partial charge in [0.1, 0.15) is 10.6 Å². The molecule has 0 radical (unpaired) electrons. The zero-order valence-corrected chi connectivity index (χ0v) is 14.8. The monoisotopic (exact) mass is 379 g/mol. The lowest BCUT2D eigenvalue weighted by Gasteiger charge is -2.13. The summed E-state index contributed by atoms with van der Waals surface area (Å²) in [6.45, 7) is 1.60. The first-order valence-corrected chi connectivity index (χ1v) is 8.88. The number of carboxylic acid groups (broad SMARTS) is 2. The minimum absolute atomic E-state index is 0.0307. The number of rotatable bonds is 7. The van der Waals surface area contributed by atoms with Crippen LogP contribution in [-0.2, 0) is 21.2 Å². The van der Waals surface area contributed by atoms with Crippen LogP contribution >= 0.6 is 0 Å². The Morgan fingerprint density at radius 3 is 2.38 bits per heavy atom. The third-order valence-electron chi connectivity index (χ3n) is 3.59. The Bertz CT molecular complexity index is 967. The summed E-state index contributed by atoms with van der Waals surface area (Å²) in [5.74, 6) is -2.24. The van der Waals surface area contributed by atoms with Crippen LogP contribution in [0.3, 0.4) is 0 Å². The first kappa shape index (κ1) is 19.3. The predicted octanol–water partition coefficient (Wildman–Crippen LogP) is 2.13. The number of methoxy groups -OCH3 is 1. The molecule has 0 saturated heterocycles. The Morgan fingerprint density at radius 2 is 1.81 bits per heavy atom. The highest BCUT2D eigenvalue weighted by atomic mass is 32.2. The second-order valence-corrected chi connectivity index (χ2v) is 7.15. The van der Waals surface area contributed by atoms with Crippen LogP contribution in [0, 0.1) is 6.92 Å². The number of aromatic carboxylic acids is 1. The van der Waals surface area contributed by atoms with Crippen molar-refractivity contribution in [1.29, 1.82) is 0 Å². The molecule has 0 heterocycles. The van der Waals surface area contributed by atoms with Crippen LogP contribution in [0.15, 0.2) is 41.3 Å². The Hall–Kier alpha value is -3.07. The summed E-state index contributed by atoms with van der Waals surface area (Å²) < 4.78 is 32.7. The summed E-state index contributed by atoms with van der Waals surface area (Å²) in [7, 11) is -2.84. The van der Waals surface area contributed by atoms with E-state index in [0.29, 0.717) is 5.56 Å². The Labute approximate surface area is 150 Å². The highest BCUT2D eigenvalue weighted by Crippen LogP contribution is 2.28. The van der Waals surface area contributed by atoms with Crippen LogP contribution < -0.4 is 9.46 Å². The van der Waals surface area contributed by atoms with Gasteiger partial charge in [0.25, 0.3) is 10.0 Å². The van der Waals surface area contributed by atoms with Gasteiger partial charge in [-0.05, 0) is 42.3 Å². The number of nitrogens with one attached hydrogen (secondary N) is 1. The fourth-order valence-electron chi connectivity index (χ4n) is 2.34. The van der Waals surface area contributed by atoms with Gasteiger partial charge in [0.05, 0.1) is 19.1 Å². The third kappa shape index (κ3) is 4.31. The zero-order chi connectivity index (χ0) is 19.5. The van der Waals surface area contributed by atoms with E-state index in [1.165, 1.54) is 43.5 Å². The molecule has 2 aromatic rings. The Morgan fingerprint density at radius 1 is 1.12 bits per heavy atom. The van der Waals surface area contributed by atoms with Crippen molar-refractivity contribution in [3.05, 3.63) is 53.1 Å². The largest absolute Gasteiger partial charge is 0.495 e. The first-order valence-electron chi connectivity index (χ1n) is 7.39. The van der Waals surface area contributed by atoms with Crippen molar-refractivity contribution < 1.29 is 33.0 Å². The number of anilines is 1. The van der Waals surface area contributed by atoms with E-state index in [-0.39, 0.29) is 33.9 Å². The maximum atomic E-state index is 12.7. The molecule has 2 rings (SSSR count). The molecule has 0 aliphatic heterocycles. The summed E-state index contributed by atoms with van der Waals surface area (Å²) >= 11 is 0. The van der Waals surface area contributed by atoms with Crippen molar-refractivity contribution in [1.82, 2.24) is 0 Å². The SMILES string of the molecule is COc1ccc(CC(=O)O)cc1S(=O)(=O)Nc1ccc(C)c(C(=O)O)c1. The Balaban J connectivity index is 2.45. The molecule has 0 spiro atoms. The highest BCUT2D eigenvalue weighted by Gasteiger charge is 2.21. The number of sulfonamides is 1. The van der Waals surface area contributed by atoms with Gasteiger partial charge < -0.3 is 14.9 Å². The number of carbonyl (C=O) groups is 2. The van der Waals surface area contributed by atoms with Crippen molar-refractivity contribution in [2.45, 2.75) is 18.2 Å². The molecule has 0 saturated carbocycles. The standard InChI is InChI=1S/C17H17NO7S/c1-10-3-5-12(9-13(10)17(21)22)18-26(23,24)15-7-11(8-16(19)20)4-6-14(15)25-2/h3-7,9,18H,8H2,1-2H3,(H,19,20)(H,21,22). The number of ether oxygens (including phenoxy) is 1. The van der Waals surface area contributed by atoms with E-state index in [1.54, 1.807) is 6.92 Å². The van der Waals surface area contributed by atoms with Gasteiger partial charge in [-0.25, -0.2) is 13.2 Å². The molecule has 3 N–H and O–H groups in total. The number of hydrogen-bond acceptors (Lipinski definition) is 5. The van der Waals surface area contributed by atoms with Gasteiger partial charge in [-0.2, -0.15) is 0 Å². The molecule has 0 aliphatic carbocycles. The van der Waals surface area contributed by atoms with Crippen LogP contribution in [0.5, 0.6) is 5.75 Å². The minimum Gasteiger partial charge on any atom is -0.495 e. The van der Waals surface area contributed by atoms with Crippen molar-refractivity contribution in [3.63, 3.8) is 0 Å². The molecule has 26 heavy (non-hydrogen) atoms. The maximum Gasteiger partial charge on any atom is 0.336 e. The summed E-state index contributed by atoms with van der Waals surface area (Å²) in [5.41, 5.74) is 0.811. The number of aliphatic carboxylic acids is 1. The number of benzene rings is 2. The summed E-state index contributed by atoms with van der Waals surface area (Å²) in [6, 6.07) is 8.17. The van der Waals surface area contributed by atoms with E-state index in [1.807, 2.05) is 0 Å². The highest BCUT2D eigenvalue weighted by molar-refractivity contribution is 7.92. The molecule has 0 atom stereocenters. The average molecular weight is 379 g/mol. The molecule has 0 aromatic heterocycles. The molecular weight excluding hydrogens is 362 g/mol. The van der Waals surface area contributed by atoms with E-state index in [4.69, 9.17) is 14.9 Å². The molecule has 0 unspecified atom stereocenters. The number of carboxylic acids is 2. The molecule has 0 bridgehead atoms. The van der Waals surface area contributed by atoms with E-state index in [0.717, 1.165) is 0 Å². The molecule has 0 amide bonds. The van der Waals surface area contributed by atoms with E-state index >= 15 is 0 Å². The lowest BCUT2D eigenvalue weighted by molar-refractivity contribution is -0.136. The van der Waals surface area contributed by atoms with E-state index in [2.05, 4.69) is 4.72 Å². The smallest absolute Gasteiger partial charge is 0.336 e. The second kappa shape index (κ2) is 7.44. The molecular formula is C17H17NO7S. The summed E-state index contributed by atoms with van der Waals surface area (Å²) in [6.07, 6.45) is -0.347. The van der Waals surface area contributed by atoms with Gasteiger partial charge in [-0.15, -0.1) is 0 Å². The topological polar surface area (TPSA) is 130 Å². The Kier molecular flexibility index (Phi) is 5.51. The predicted molar refractivity (Wildman–Crippen MR) is 93.3 cm³/mol. The summed E-state index contributed by atoms with van der Waals surface area (Å²) in [5, 5.41) is 18.0. The van der Waals surface area contributed by atoms with Crippen molar-refractivity contribution in [3.8, 4) is 5.75 Å². The zero-order valence-electron chi connectivity index (χ0n) is 14.0. The molecule has 138 valence electrons. The van der Waals surface area contributed by atoms with Crippen LogP contribution in [0.4, 0.5) is 5.69 Å². The molecule has 8 nitrogen and oxygen atoms in total. The van der Waals surface area contributed by atoms with Crippen LogP contribution in [0.1, 0.15) is 21.5 Å². The average Bonchev–Trinajstić information content (AvgIpc) is 2.55. The molecule has 0 aliphatic rings. The first-order chi connectivity index (χ1) is 12.1. The van der Waals surface area contributed by atoms with E-state index in [9.17, 15) is 18.0 Å². The van der Waals surface area contributed by atoms with E-state index < -0.39 is 22.0 Å². The maximum absolute atomic E-state index is 12.7. The third-order valence-corrected chi connectivity index (χ3v) is 5.00. The van der Waals surface area contributed by atoms with Gasteiger partial charge in [-0.1, -0.05) is 12.1 Å². The van der Waals surface area contributed by atoms with Gasteiger partial charge in [-0.3, -0.25) is 9.52 Å². The fourth-order valence-corrected chi connectivity index (χ4v) is 3.61. The van der Waals surface area contributed by atoms with Crippen LogP contribution in [0.25, 0.3) is 0 Å². The number of hydrogen-bond donors (Lipinski definition) is 3. The van der Waals surface area contributed by atoms with Gasteiger partial charge in [0.15, 0.2) is 0 Å². The van der Waals surface area contributed by atoms with Crippen LogP contribution in [-0.4, -0.2) is 37.7 Å². The van der Waals surface area contributed by atoms with Crippen LogP contribution in [0.2, 0.25) is 0 Å². The fraction of sp³-hybridized carbons (Fsp3) is 0.176. The molecule has 9 heteroatoms. The van der Waals surface area contributed by atoms with Crippen molar-refractivity contribution in [2.24, 2.45) is 0 Å². The van der Waals surface area contributed by atoms with Crippen molar-refractivity contribution >= 4 is 27.6 Å². The number of aryl methyl sites for hydroxylation is 1. The second-order valence-electron chi connectivity index (χ2n) is 5.50. The van der Waals surface area contributed by atoms with Crippen molar-refractivity contribution in [2.75, 3.05) is 11.8 Å². The lowest BCUT2D eigenvalue weighted by atomic mass is 10.1. The van der Waals surface area contributed by atoms with Gasteiger partial charge >= 0.3 is 11.9 Å².